The minimum atomic E-state index is -2.43. The first-order chi connectivity index (χ1) is 30.0. The Morgan fingerprint density at radius 3 is 1.51 bits per heavy atom. The molecule has 0 aliphatic carbocycles. The quantitative estimate of drug-likeness (QED) is 0.112. The lowest BCUT2D eigenvalue weighted by Gasteiger charge is -2.53. The second-order valence-electron chi connectivity index (χ2n) is 16.1. The maximum Gasteiger partial charge on any atom is 0.305 e. The van der Waals surface area contributed by atoms with Crippen LogP contribution in [0.15, 0.2) is 78.9 Å². The molecule has 322 valence electrons. The number of fused-ring (bicyclic) bond motifs is 15. The van der Waals surface area contributed by atoms with E-state index in [4.69, 9.17) is 23.7 Å². The molecular formula is C45H34O18. The summed E-state index contributed by atoms with van der Waals surface area (Å²) < 4.78 is 32.6. The number of hydrogen-bond donors (Lipinski definition) is 13. The molecule has 11 rings (SSSR count). The van der Waals surface area contributed by atoms with Gasteiger partial charge in [-0.15, -0.1) is 0 Å². The fourth-order valence-corrected chi connectivity index (χ4v) is 9.70. The summed E-state index contributed by atoms with van der Waals surface area (Å²) in [5, 5.41) is 145. The lowest BCUT2D eigenvalue weighted by atomic mass is 9.70. The fourth-order valence-electron chi connectivity index (χ4n) is 9.70. The molecule has 18 nitrogen and oxygen atoms in total. The van der Waals surface area contributed by atoms with Gasteiger partial charge in [-0.05, 0) is 54.1 Å². The number of aromatic hydroxyl groups is 10. The lowest BCUT2D eigenvalue weighted by molar-refractivity contribution is -0.227. The van der Waals surface area contributed by atoms with Gasteiger partial charge in [0.15, 0.2) is 34.5 Å². The predicted octanol–water partition coefficient (Wildman–Crippen LogP) is 4.04. The van der Waals surface area contributed by atoms with Crippen molar-refractivity contribution in [1.29, 1.82) is 0 Å². The summed E-state index contributed by atoms with van der Waals surface area (Å²) >= 11 is 0. The lowest BCUT2D eigenvalue weighted by Crippen LogP contribution is -2.59. The van der Waals surface area contributed by atoms with E-state index in [0.717, 1.165) is 42.5 Å². The standard InChI is InChI=1S/C45H34O18/c46-18-10-27(54)33-30(11-18)60-44(16-2-5-21(48)25(52)8-16)42(57)37(33)36-32(61-44)14-28(55)34-38-35-31(62-45(43(38)58,63-41(34)36)17-3-6-22(49)26(53)9-17)13-23(50)19-12-29(56)39(59-40(19)35)15-1-4-20(47)24(51)7-15/h1-11,13-14,29,37-39,42-43,46-58H,12H2/t29-,37+,38-,39+,42+,43-,44-,45-/m1/s1. The molecule has 13 N–H and O–H groups in total. The third kappa shape index (κ3) is 5.04. The second kappa shape index (κ2) is 12.6. The van der Waals surface area contributed by atoms with Gasteiger partial charge in [-0.1, -0.05) is 6.07 Å². The molecule has 63 heavy (non-hydrogen) atoms. The average Bonchev–Trinajstić information content (AvgIpc) is 3.22. The highest BCUT2D eigenvalue weighted by Gasteiger charge is 2.64. The van der Waals surface area contributed by atoms with Crippen molar-refractivity contribution < 1.29 is 90.1 Å². The molecule has 0 unspecified atom stereocenters. The normalized spacial score (nSPS) is 26.7. The number of benzene rings is 6. The highest BCUT2D eigenvalue weighted by molar-refractivity contribution is 5.73. The van der Waals surface area contributed by atoms with E-state index in [2.05, 4.69) is 0 Å². The molecule has 5 heterocycles. The van der Waals surface area contributed by atoms with E-state index in [1.165, 1.54) is 36.4 Å². The van der Waals surface area contributed by atoms with Gasteiger partial charge in [-0.3, -0.25) is 0 Å². The predicted molar refractivity (Wildman–Crippen MR) is 210 cm³/mol. The Kier molecular flexibility index (Phi) is 7.65. The van der Waals surface area contributed by atoms with Gasteiger partial charge in [0.05, 0.1) is 17.9 Å². The number of aliphatic hydroxyl groups is 3. The minimum Gasteiger partial charge on any atom is -0.508 e. The number of ether oxygens (including phenoxy) is 5. The third-order valence-corrected chi connectivity index (χ3v) is 12.5. The molecule has 0 saturated carbocycles. The molecule has 18 heteroatoms. The van der Waals surface area contributed by atoms with E-state index < -0.39 is 105 Å². The van der Waals surface area contributed by atoms with Crippen LogP contribution in [0.2, 0.25) is 0 Å². The molecule has 5 aliphatic heterocycles. The Hall–Kier alpha value is -7.80. The monoisotopic (exact) mass is 862 g/mol. The van der Waals surface area contributed by atoms with Crippen molar-refractivity contribution in [3.63, 3.8) is 0 Å². The van der Waals surface area contributed by atoms with Gasteiger partial charge in [0.1, 0.15) is 70.1 Å². The van der Waals surface area contributed by atoms with E-state index >= 15 is 0 Å². The van der Waals surface area contributed by atoms with Gasteiger partial charge >= 0.3 is 11.6 Å². The van der Waals surface area contributed by atoms with Crippen LogP contribution in [0.3, 0.4) is 0 Å². The van der Waals surface area contributed by atoms with E-state index in [0.29, 0.717) is 0 Å². The van der Waals surface area contributed by atoms with Gasteiger partial charge in [0.2, 0.25) is 0 Å². The first kappa shape index (κ1) is 38.1. The van der Waals surface area contributed by atoms with Gasteiger partial charge < -0.3 is 90.1 Å². The summed E-state index contributed by atoms with van der Waals surface area (Å²) in [7, 11) is 0. The van der Waals surface area contributed by atoms with Crippen LogP contribution in [-0.2, 0) is 18.0 Å². The molecule has 6 aromatic carbocycles. The smallest absolute Gasteiger partial charge is 0.305 e. The summed E-state index contributed by atoms with van der Waals surface area (Å²) in [4.78, 5) is 0. The zero-order valence-electron chi connectivity index (χ0n) is 32.0. The maximum atomic E-state index is 12.7. The number of hydrogen-bond acceptors (Lipinski definition) is 18. The number of aliphatic hydroxyl groups excluding tert-OH is 3. The van der Waals surface area contributed by atoms with E-state index in [-0.39, 0.29) is 79.7 Å². The third-order valence-electron chi connectivity index (χ3n) is 12.5. The molecule has 0 spiro atoms. The highest BCUT2D eigenvalue weighted by Crippen LogP contribution is 2.67. The van der Waals surface area contributed by atoms with Crippen LogP contribution in [0.1, 0.15) is 62.4 Å². The molecule has 4 bridgehead atoms. The Bertz CT molecular complexity index is 2990. The van der Waals surface area contributed by atoms with Gasteiger partial charge in [0, 0.05) is 69.6 Å². The molecule has 0 amide bonds. The Morgan fingerprint density at radius 2 is 0.921 bits per heavy atom. The van der Waals surface area contributed by atoms with Crippen molar-refractivity contribution in [1.82, 2.24) is 0 Å². The minimum absolute atomic E-state index is 0.0277. The zero-order valence-corrected chi connectivity index (χ0v) is 32.0. The second-order valence-corrected chi connectivity index (χ2v) is 16.1. The van der Waals surface area contributed by atoms with E-state index in [1.54, 1.807) is 0 Å². The largest absolute Gasteiger partial charge is 0.508 e. The molecule has 5 aliphatic rings. The van der Waals surface area contributed by atoms with Crippen molar-refractivity contribution in [3.8, 4) is 86.2 Å². The van der Waals surface area contributed by atoms with Gasteiger partial charge in [-0.25, -0.2) is 0 Å². The van der Waals surface area contributed by atoms with Gasteiger partial charge in [0.25, 0.3) is 0 Å². The van der Waals surface area contributed by atoms with Crippen molar-refractivity contribution in [2.45, 2.75) is 54.2 Å². The summed E-state index contributed by atoms with van der Waals surface area (Å²) in [5.74, 6) is -13.8. The van der Waals surface area contributed by atoms with Crippen LogP contribution in [-0.4, -0.2) is 84.7 Å². The summed E-state index contributed by atoms with van der Waals surface area (Å²) in [6.07, 6.45) is -6.54. The molecule has 0 radical (unpaired) electrons. The molecular weight excluding hydrogens is 828 g/mol. The SMILES string of the molecule is Oc1cc(O)c2c(c1)O[C@]1(c3ccc(O)c(O)c3)Oc3cc(O)c4c(c3[C@H]2[C@@H]1O)O[C@@]1(c2ccc(O)c(O)c2)Oc2cc(O)c3c(c2[C@@H]4[C@H]1O)O[C@@H](c1ccc(O)c(O)c1)[C@H](O)C3. The van der Waals surface area contributed by atoms with Crippen molar-refractivity contribution in [3.05, 3.63) is 123 Å². The number of phenols is 10. The van der Waals surface area contributed by atoms with Crippen LogP contribution < -0.4 is 23.7 Å². The van der Waals surface area contributed by atoms with Crippen molar-refractivity contribution in [2.24, 2.45) is 0 Å². The zero-order chi connectivity index (χ0) is 44.2. The molecule has 6 aromatic rings. The topological polar surface area (TPSA) is 309 Å². The summed E-state index contributed by atoms with van der Waals surface area (Å²) in [5.41, 5.74) is -0.123. The maximum absolute atomic E-state index is 12.7. The van der Waals surface area contributed by atoms with E-state index in [1.807, 2.05) is 0 Å². The highest BCUT2D eigenvalue weighted by atomic mass is 16.7. The fraction of sp³-hybridized carbons (Fsp3) is 0.200. The Balaban J connectivity index is 1.20. The first-order valence-electron chi connectivity index (χ1n) is 19.4. The number of rotatable bonds is 3. The van der Waals surface area contributed by atoms with Crippen molar-refractivity contribution >= 4 is 0 Å². The molecule has 8 atom stereocenters. The molecule has 0 saturated heterocycles. The van der Waals surface area contributed by atoms with Crippen molar-refractivity contribution in [2.75, 3.05) is 0 Å². The van der Waals surface area contributed by atoms with Crippen LogP contribution in [0.25, 0.3) is 0 Å². The van der Waals surface area contributed by atoms with Crippen LogP contribution >= 0.6 is 0 Å². The van der Waals surface area contributed by atoms with E-state index in [9.17, 15) is 66.4 Å². The number of phenolic OH excluding ortho intramolecular Hbond substituents is 10. The molecule has 0 aromatic heterocycles. The average molecular weight is 863 g/mol. The molecule has 0 fully saturated rings. The summed E-state index contributed by atoms with van der Waals surface area (Å²) in [6.45, 7) is 0. The summed E-state index contributed by atoms with van der Waals surface area (Å²) in [6, 6.07) is 15.2. The first-order valence-corrected chi connectivity index (χ1v) is 19.4. The Labute approximate surface area is 353 Å². The van der Waals surface area contributed by atoms with Crippen LogP contribution in [0, 0.1) is 0 Å². The Morgan fingerprint density at radius 1 is 0.429 bits per heavy atom. The van der Waals surface area contributed by atoms with Crippen LogP contribution in [0.5, 0.6) is 86.2 Å². The van der Waals surface area contributed by atoms with Gasteiger partial charge in [-0.2, -0.15) is 0 Å². The van der Waals surface area contributed by atoms with Crippen LogP contribution in [0.4, 0.5) is 0 Å².